The number of nitrogens with zero attached hydrogens (tertiary/aromatic N) is 1. The molecule has 1 saturated heterocycles. The Morgan fingerprint density at radius 2 is 2.06 bits per heavy atom. The summed E-state index contributed by atoms with van der Waals surface area (Å²) in [5.74, 6) is 1.24. The molecule has 0 aromatic carbocycles. The molecule has 2 fully saturated rings. The zero-order valence-electron chi connectivity index (χ0n) is 11.0. The summed E-state index contributed by atoms with van der Waals surface area (Å²) in [4.78, 5) is 13.9. The maximum absolute atomic E-state index is 11.6. The van der Waals surface area contributed by atoms with Crippen LogP contribution in [0.2, 0.25) is 0 Å². The normalized spacial score (nSPS) is 25.8. The Labute approximate surface area is 111 Å². The average Bonchev–Trinajstić information content (AvgIpc) is 3.12. The monoisotopic (exact) mass is 273 g/mol. The van der Waals surface area contributed by atoms with E-state index in [2.05, 4.69) is 10.2 Å². The highest BCUT2D eigenvalue weighted by atomic mass is 32.2. The number of hydrogen-bond acceptors (Lipinski definition) is 4. The van der Waals surface area contributed by atoms with Crippen LogP contribution in [0.3, 0.4) is 0 Å². The van der Waals surface area contributed by atoms with Crippen LogP contribution in [0.1, 0.15) is 26.2 Å². The summed E-state index contributed by atoms with van der Waals surface area (Å²) in [6.07, 6.45) is 3.02. The fraction of sp³-hybridized carbons (Fsp3) is 0.917. The minimum absolute atomic E-state index is 0.269. The highest BCUT2D eigenvalue weighted by Crippen LogP contribution is 2.24. The van der Waals surface area contributed by atoms with E-state index < -0.39 is 16.3 Å². The third kappa shape index (κ3) is 3.76. The van der Waals surface area contributed by atoms with Gasteiger partial charge in [-0.25, -0.2) is 0 Å². The molecule has 0 spiro atoms. The lowest BCUT2D eigenvalue weighted by Crippen LogP contribution is -2.55. The molecular weight excluding hydrogens is 250 g/mol. The van der Waals surface area contributed by atoms with Crippen LogP contribution < -0.4 is 11.1 Å². The number of nitrogens with two attached hydrogens (primary N) is 1. The van der Waals surface area contributed by atoms with Gasteiger partial charge >= 0.3 is 0 Å². The molecule has 2 aliphatic rings. The molecule has 1 aliphatic carbocycles. The molecule has 104 valence electrons. The van der Waals surface area contributed by atoms with Crippen LogP contribution in [0.4, 0.5) is 0 Å². The van der Waals surface area contributed by atoms with Crippen molar-refractivity contribution in [3.63, 3.8) is 0 Å². The summed E-state index contributed by atoms with van der Waals surface area (Å²) in [5, 5.41) is 3.35. The second-order valence-corrected chi connectivity index (χ2v) is 7.25. The van der Waals surface area contributed by atoms with Crippen molar-refractivity contribution >= 4 is 16.7 Å². The lowest BCUT2D eigenvalue weighted by atomic mass is 9.96. The van der Waals surface area contributed by atoms with Gasteiger partial charge in [-0.3, -0.25) is 9.00 Å². The molecule has 18 heavy (non-hydrogen) atoms. The van der Waals surface area contributed by atoms with Gasteiger partial charge in [-0.2, -0.15) is 0 Å². The van der Waals surface area contributed by atoms with E-state index in [4.69, 9.17) is 5.73 Å². The first-order valence-electron chi connectivity index (χ1n) is 6.64. The molecular formula is C12H23N3O2S. The minimum Gasteiger partial charge on any atom is -0.368 e. The van der Waals surface area contributed by atoms with Crippen LogP contribution in [0.15, 0.2) is 0 Å². The Kier molecular flexibility index (Phi) is 4.40. The molecule has 1 unspecified atom stereocenters. The maximum atomic E-state index is 11.6. The Bertz CT molecular complexity index is 336. The molecule has 1 amide bonds. The summed E-state index contributed by atoms with van der Waals surface area (Å²) in [7, 11) is -0.642. The molecule has 0 aromatic heterocycles. The number of carbonyl (C=O) groups is 1. The smallest absolute Gasteiger partial charge is 0.237 e. The first-order chi connectivity index (χ1) is 8.49. The van der Waals surface area contributed by atoms with E-state index in [1.165, 1.54) is 0 Å². The van der Waals surface area contributed by atoms with Crippen molar-refractivity contribution in [3.05, 3.63) is 0 Å². The molecule has 0 bridgehead atoms. The lowest BCUT2D eigenvalue weighted by Gasteiger charge is -2.32. The zero-order chi connectivity index (χ0) is 13.2. The van der Waals surface area contributed by atoms with Crippen molar-refractivity contribution in [2.75, 3.05) is 31.1 Å². The fourth-order valence-electron chi connectivity index (χ4n) is 2.23. The molecule has 2 rings (SSSR count). The van der Waals surface area contributed by atoms with Crippen LogP contribution in [-0.4, -0.2) is 57.7 Å². The first kappa shape index (κ1) is 14.0. The van der Waals surface area contributed by atoms with Crippen LogP contribution in [0, 0.1) is 0 Å². The number of nitrogens with one attached hydrogen (secondary N) is 1. The van der Waals surface area contributed by atoms with E-state index in [0.717, 1.165) is 50.4 Å². The molecule has 6 heteroatoms. The van der Waals surface area contributed by atoms with E-state index in [1.54, 1.807) is 0 Å². The van der Waals surface area contributed by atoms with Crippen molar-refractivity contribution in [1.82, 2.24) is 10.2 Å². The standard InChI is InChI=1S/C12H23N3O2S/c1-12(11(13)16,14-10-2-3-10)4-5-15-6-8-18(17)9-7-15/h10,14H,2-9H2,1H3,(H2,13,16). The van der Waals surface area contributed by atoms with Gasteiger partial charge < -0.3 is 16.0 Å². The van der Waals surface area contributed by atoms with Gasteiger partial charge in [0.1, 0.15) is 0 Å². The van der Waals surface area contributed by atoms with Gasteiger partial charge in [0.15, 0.2) is 0 Å². The van der Waals surface area contributed by atoms with Gasteiger partial charge in [0.25, 0.3) is 0 Å². The summed E-state index contributed by atoms with van der Waals surface area (Å²) < 4.78 is 11.3. The zero-order valence-corrected chi connectivity index (χ0v) is 11.8. The SMILES string of the molecule is CC(CCN1CCS(=O)CC1)(NC1CC1)C(N)=O. The predicted molar refractivity (Wildman–Crippen MR) is 72.7 cm³/mol. The largest absolute Gasteiger partial charge is 0.368 e. The number of amides is 1. The average molecular weight is 273 g/mol. The van der Waals surface area contributed by atoms with Gasteiger partial charge in [-0.15, -0.1) is 0 Å². The third-order valence-corrected chi connectivity index (χ3v) is 5.12. The van der Waals surface area contributed by atoms with E-state index in [-0.39, 0.29) is 5.91 Å². The second kappa shape index (κ2) is 5.67. The van der Waals surface area contributed by atoms with Gasteiger partial charge in [0.2, 0.25) is 5.91 Å². The van der Waals surface area contributed by atoms with E-state index in [1.807, 2.05) is 6.92 Å². The lowest BCUT2D eigenvalue weighted by molar-refractivity contribution is -0.124. The van der Waals surface area contributed by atoms with Gasteiger partial charge in [0.05, 0.1) is 5.54 Å². The van der Waals surface area contributed by atoms with Crippen LogP contribution in [-0.2, 0) is 15.6 Å². The third-order valence-electron chi connectivity index (χ3n) is 3.84. The van der Waals surface area contributed by atoms with Crippen LogP contribution in [0.5, 0.6) is 0 Å². The Morgan fingerprint density at radius 3 is 2.56 bits per heavy atom. The van der Waals surface area contributed by atoms with Crippen LogP contribution in [0.25, 0.3) is 0 Å². The molecule has 3 N–H and O–H groups in total. The van der Waals surface area contributed by atoms with Crippen LogP contribution >= 0.6 is 0 Å². The van der Waals surface area contributed by atoms with Gasteiger partial charge in [-0.05, 0) is 26.2 Å². The Morgan fingerprint density at radius 1 is 1.44 bits per heavy atom. The summed E-state index contributed by atoms with van der Waals surface area (Å²) in [6.45, 7) is 4.47. The highest BCUT2D eigenvalue weighted by molar-refractivity contribution is 7.85. The molecule has 1 saturated carbocycles. The van der Waals surface area contributed by atoms with Crippen molar-refractivity contribution in [2.45, 2.75) is 37.8 Å². The number of primary amides is 1. The topological polar surface area (TPSA) is 75.4 Å². The predicted octanol–water partition coefficient (Wildman–Crippen LogP) is -0.563. The Balaban J connectivity index is 1.81. The van der Waals surface area contributed by atoms with E-state index in [0.29, 0.717) is 6.04 Å². The van der Waals surface area contributed by atoms with Crippen molar-refractivity contribution < 1.29 is 9.00 Å². The molecule has 1 aliphatic heterocycles. The van der Waals surface area contributed by atoms with Crippen molar-refractivity contribution in [1.29, 1.82) is 0 Å². The van der Waals surface area contributed by atoms with Crippen molar-refractivity contribution in [2.24, 2.45) is 5.73 Å². The molecule has 0 radical (unpaired) electrons. The Hall–Kier alpha value is -0.460. The van der Waals surface area contributed by atoms with Crippen molar-refractivity contribution in [3.8, 4) is 0 Å². The number of hydrogen-bond donors (Lipinski definition) is 2. The molecule has 1 heterocycles. The minimum atomic E-state index is -0.642. The number of rotatable bonds is 6. The summed E-state index contributed by atoms with van der Waals surface area (Å²) in [5.41, 5.74) is 4.92. The molecule has 5 nitrogen and oxygen atoms in total. The van der Waals surface area contributed by atoms with E-state index in [9.17, 15) is 9.00 Å². The van der Waals surface area contributed by atoms with Gasteiger partial charge in [0, 0.05) is 48.0 Å². The molecule has 1 atom stereocenters. The summed E-state index contributed by atoms with van der Waals surface area (Å²) >= 11 is 0. The first-order valence-corrected chi connectivity index (χ1v) is 8.13. The maximum Gasteiger partial charge on any atom is 0.237 e. The number of carbonyl (C=O) groups excluding carboxylic acids is 1. The molecule has 0 aromatic rings. The quantitative estimate of drug-likeness (QED) is 0.680. The van der Waals surface area contributed by atoms with E-state index >= 15 is 0 Å². The summed E-state index contributed by atoms with van der Waals surface area (Å²) in [6, 6.07) is 0.469. The second-order valence-electron chi connectivity index (χ2n) is 5.55. The fourth-order valence-corrected chi connectivity index (χ4v) is 3.35. The highest BCUT2D eigenvalue weighted by Gasteiger charge is 2.37. The van der Waals surface area contributed by atoms with Gasteiger partial charge in [-0.1, -0.05) is 0 Å².